The summed E-state index contributed by atoms with van der Waals surface area (Å²) in [6, 6.07) is 18.1. The van der Waals surface area contributed by atoms with Crippen LogP contribution >= 0.6 is 0 Å². The maximum absolute atomic E-state index is 14.4. The van der Waals surface area contributed by atoms with E-state index in [4.69, 9.17) is 14.3 Å². The first-order chi connectivity index (χ1) is 23.9. The molecule has 2 bridgehead atoms. The smallest absolute Gasteiger partial charge is 0.465 e. The molecule has 2 N–H and O–H groups in total. The van der Waals surface area contributed by atoms with Crippen molar-refractivity contribution in [3.05, 3.63) is 100 Å². The second kappa shape index (κ2) is 12.8. The van der Waals surface area contributed by atoms with Crippen molar-refractivity contribution in [3.63, 3.8) is 0 Å². The zero-order valence-corrected chi connectivity index (χ0v) is 29.5. The number of aromatic nitrogens is 2. The Balaban J connectivity index is 1.19. The summed E-state index contributed by atoms with van der Waals surface area (Å²) in [5, 5.41) is 13.4. The molecule has 0 spiro atoms. The highest BCUT2D eigenvalue weighted by atomic mass is 16.7. The number of carbonyl (C=O) groups excluding carboxylic acids is 1. The standard InChI is InChI=1S/C39H47BN4O6/c1-6-32(40-49-31-21-27-20-30(37(27,2)3)39(31,5)50-40)42-33(45)28-22-38(4,19-13-18-25-14-9-7-10-15-25)35-41-23-29(34(46)44(28)35)43(36(47)48)24-26-16-11-8-12-17-26/h7-18,23,27-28,30-32H,6,19-22,24H2,1-5H3,(H,42,45)(H,47,48)/b18-13+/t27?,28-,30-,31+,32-,38+,39-/m0/s1. The Labute approximate surface area is 294 Å². The van der Waals surface area contributed by atoms with Gasteiger partial charge in [-0.1, -0.05) is 101 Å². The van der Waals surface area contributed by atoms with Crippen molar-refractivity contribution in [2.24, 2.45) is 17.3 Å². The van der Waals surface area contributed by atoms with Crippen molar-refractivity contribution in [3.8, 4) is 0 Å². The third-order valence-electron chi connectivity index (χ3n) is 12.2. The normalized spacial score (nSPS) is 29.6. The van der Waals surface area contributed by atoms with Gasteiger partial charge in [0.25, 0.3) is 5.56 Å². The van der Waals surface area contributed by atoms with Gasteiger partial charge in [0.2, 0.25) is 5.91 Å². The van der Waals surface area contributed by atoms with Crippen LogP contribution in [-0.4, -0.2) is 51.4 Å². The zero-order valence-electron chi connectivity index (χ0n) is 29.5. The number of carbonyl (C=O) groups is 2. The molecule has 5 aliphatic rings. The van der Waals surface area contributed by atoms with Gasteiger partial charge in [0.15, 0.2) is 0 Å². The van der Waals surface area contributed by atoms with Gasteiger partial charge in [-0.15, -0.1) is 0 Å². The number of nitrogens with one attached hydrogen (secondary N) is 1. The molecule has 10 nitrogen and oxygen atoms in total. The van der Waals surface area contributed by atoms with Gasteiger partial charge in [0.05, 0.1) is 30.4 Å². The van der Waals surface area contributed by atoms with E-state index in [9.17, 15) is 19.5 Å². The van der Waals surface area contributed by atoms with Crippen molar-refractivity contribution >= 4 is 30.9 Å². The van der Waals surface area contributed by atoms with Crippen LogP contribution in [0.15, 0.2) is 77.7 Å². The van der Waals surface area contributed by atoms with Crippen LogP contribution in [0.5, 0.6) is 0 Å². The number of amides is 2. The van der Waals surface area contributed by atoms with Crippen LogP contribution in [0.25, 0.3) is 6.08 Å². The van der Waals surface area contributed by atoms with E-state index in [-0.39, 0.29) is 29.7 Å². The molecule has 1 unspecified atom stereocenters. The Morgan fingerprint density at radius 3 is 2.46 bits per heavy atom. The summed E-state index contributed by atoms with van der Waals surface area (Å²) in [5.74, 6) is 0.679. The van der Waals surface area contributed by atoms with E-state index in [1.54, 1.807) is 12.1 Å². The van der Waals surface area contributed by atoms with E-state index >= 15 is 0 Å². The number of carboxylic acid groups (broad SMARTS) is 1. The highest BCUT2D eigenvalue weighted by molar-refractivity contribution is 6.47. The third-order valence-corrected chi connectivity index (χ3v) is 12.2. The van der Waals surface area contributed by atoms with Crippen molar-refractivity contribution < 1.29 is 24.0 Å². The highest BCUT2D eigenvalue weighted by Crippen LogP contribution is 2.65. The average Bonchev–Trinajstić information content (AvgIpc) is 3.61. The summed E-state index contributed by atoms with van der Waals surface area (Å²) in [6.07, 6.45) is 7.59. The lowest BCUT2D eigenvalue weighted by Crippen LogP contribution is -2.65. The maximum Gasteiger partial charge on any atom is 0.481 e. The summed E-state index contributed by atoms with van der Waals surface area (Å²) >= 11 is 0. The fraction of sp³-hybridized carbons (Fsp3) is 0.487. The molecule has 4 fully saturated rings. The molecule has 262 valence electrons. The van der Waals surface area contributed by atoms with Crippen LogP contribution in [0.2, 0.25) is 0 Å². The fourth-order valence-corrected chi connectivity index (χ4v) is 9.13. The Kier molecular flexibility index (Phi) is 8.79. The fourth-order valence-electron chi connectivity index (χ4n) is 9.13. The number of allylic oxidation sites excluding steroid dienone is 1. The topological polar surface area (TPSA) is 123 Å². The molecule has 7 atom stereocenters. The molecule has 3 heterocycles. The van der Waals surface area contributed by atoms with Crippen molar-refractivity contribution in [2.75, 3.05) is 4.90 Å². The maximum atomic E-state index is 14.4. The van der Waals surface area contributed by atoms with E-state index in [1.807, 2.05) is 74.5 Å². The quantitative estimate of drug-likeness (QED) is 0.238. The first-order valence-corrected chi connectivity index (χ1v) is 17.9. The Morgan fingerprint density at radius 1 is 1.10 bits per heavy atom. The molecular weight excluding hydrogens is 631 g/mol. The van der Waals surface area contributed by atoms with Crippen LogP contribution in [0.4, 0.5) is 10.5 Å². The molecule has 3 aliphatic carbocycles. The molecule has 11 heteroatoms. The molecule has 3 saturated carbocycles. The van der Waals surface area contributed by atoms with Gasteiger partial charge in [0.1, 0.15) is 17.6 Å². The van der Waals surface area contributed by atoms with Crippen LogP contribution in [0.3, 0.4) is 0 Å². The van der Waals surface area contributed by atoms with Crippen LogP contribution in [0.1, 0.15) is 89.7 Å². The summed E-state index contributed by atoms with van der Waals surface area (Å²) in [4.78, 5) is 47.1. The summed E-state index contributed by atoms with van der Waals surface area (Å²) in [6.45, 7) is 10.8. The Hall–Kier alpha value is -4.22. The Bertz CT molecular complexity index is 1850. The molecule has 2 amide bonds. The lowest BCUT2D eigenvalue weighted by molar-refractivity contribution is -0.199. The molecule has 2 aromatic carbocycles. The SMILES string of the molecule is CC[C@H](NC(=O)[C@@H]1C[C@@](C)(C/C=C/c2ccccc2)c2ncc(N(Cc3ccccc3)C(=O)O)c(=O)n21)B1O[C@@H]2CC3C[C@@H](C3(C)C)[C@]2(C)O1. The first kappa shape index (κ1) is 34.2. The molecule has 1 saturated heterocycles. The molecule has 50 heavy (non-hydrogen) atoms. The van der Waals surface area contributed by atoms with Gasteiger partial charge >= 0.3 is 13.2 Å². The minimum absolute atomic E-state index is 0.0249. The van der Waals surface area contributed by atoms with Crippen molar-refractivity contribution in [1.82, 2.24) is 14.9 Å². The number of nitrogens with zero attached hydrogens (tertiary/aromatic N) is 3. The molecular formula is C39H47BN4O6. The largest absolute Gasteiger partial charge is 0.481 e. The summed E-state index contributed by atoms with van der Waals surface area (Å²) in [7, 11) is -0.607. The number of anilines is 1. The minimum Gasteiger partial charge on any atom is -0.465 e. The van der Waals surface area contributed by atoms with Crippen molar-refractivity contribution in [1.29, 1.82) is 0 Å². The predicted molar refractivity (Wildman–Crippen MR) is 193 cm³/mol. The van der Waals surface area contributed by atoms with Gasteiger partial charge < -0.3 is 19.7 Å². The van der Waals surface area contributed by atoms with Gasteiger partial charge in [-0.05, 0) is 67.4 Å². The second-order valence-corrected chi connectivity index (χ2v) is 15.7. The molecule has 1 aromatic heterocycles. The van der Waals surface area contributed by atoms with Gasteiger partial charge in [-0.25, -0.2) is 9.78 Å². The molecule has 3 aromatic rings. The first-order valence-electron chi connectivity index (χ1n) is 17.9. The van der Waals surface area contributed by atoms with E-state index in [0.29, 0.717) is 36.9 Å². The zero-order chi connectivity index (χ0) is 35.4. The summed E-state index contributed by atoms with van der Waals surface area (Å²) < 4.78 is 14.7. The Morgan fingerprint density at radius 2 is 1.80 bits per heavy atom. The molecule has 8 rings (SSSR count). The number of fused-ring (bicyclic) bond motifs is 1. The third kappa shape index (κ3) is 5.78. The van der Waals surface area contributed by atoms with E-state index < -0.39 is 41.8 Å². The van der Waals surface area contributed by atoms with Crippen molar-refractivity contribution in [2.45, 2.75) is 102 Å². The van der Waals surface area contributed by atoms with Crippen LogP contribution in [-0.2, 0) is 26.1 Å². The van der Waals surface area contributed by atoms with Gasteiger partial charge in [-0.2, -0.15) is 0 Å². The van der Waals surface area contributed by atoms with Crippen LogP contribution < -0.4 is 15.8 Å². The number of hydrogen-bond acceptors (Lipinski definition) is 6. The molecule has 2 aliphatic heterocycles. The van der Waals surface area contributed by atoms with Gasteiger partial charge in [-0.3, -0.25) is 19.1 Å². The van der Waals surface area contributed by atoms with Gasteiger partial charge in [0, 0.05) is 5.41 Å². The lowest BCUT2D eigenvalue weighted by atomic mass is 9.43. The predicted octanol–water partition coefficient (Wildman–Crippen LogP) is 6.40. The highest BCUT2D eigenvalue weighted by Gasteiger charge is 2.68. The summed E-state index contributed by atoms with van der Waals surface area (Å²) in [5.41, 5.74) is 0.209. The molecule has 0 radical (unpaired) electrons. The average molecular weight is 679 g/mol. The number of rotatable bonds is 10. The van der Waals surface area contributed by atoms with E-state index in [1.165, 1.54) is 10.8 Å². The number of benzene rings is 2. The monoisotopic (exact) mass is 678 g/mol. The van der Waals surface area contributed by atoms with E-state index in [2.05, 4.69) is 26.1 Å². The van der Waals surface area contributed by atoms with E-state index in [0.717, 1.165) is 28.9 Å². The van der Waals surface area contributed by atoms with Crippen LogP contribution in [0, 0.1) is 17.3 Å². The minimum atomic E-state index is -1.28. The number of hydrogen-bond donors (Lipinski definition) is 2. The lowest BCUT2D eigenvalue weighted by Gasteiger charge is -2.64. The second-order valence-electron chi connectivity index (χ2n) is 15.7.